The molecule has 0 aliphatic heterocycles. The van der Waals surface area contributed by atoms with E-state index in [-0.39, 0.29) is 0 Å². The van der Waals surface area contributed by atoms with Gasteiger partial charge in [0.05, 0.1) is 11.9 Å². The van der Waals surface area contributed by atoms with Crippen LogP contribution in [-0.4, -0.2) is 19.7 Å². The van der Waals surface area contributed by atoms with Crippen LogP contribution < -0.4 is 0 Å². The molecule has 4 aromatic rings. The fraction of sp³-hybridized carbons (Fsp3) is 0.150. The number of aromatic nitrogens is 4. The molecule has 0 bridgehead atoms. The van der Waals surface area contributed by atoms with Crippen molar-refractivity contribution in [2.75, 3.05) is 0 Å². The van der Waals surface area contributed by atoms with Gasteiger partial charge in [0.25, 0.3) is 0 Å². The van der Waals surface area contributed by atoms with Gasteiger partial charge in [-0.25, -0.2) is 14.6 Å². The summed E-state index contributed by atoms with van der Waals surface area (Å²) < 4.78 is 1.98. The Kier molecular flexibility index (Phi) is 2.95. The highest BCUT2D eigenvalue weighted by Crippen LogP contribution is 2.39. The van der Waals surface area contributed by atoms with Crippen molar-refractivity contribution in [2.45, 2.75) is 18.8 Å². The van der Waals surface area contributed by atoms with Crippen LogP contribution in [0.5, 0.6) is 0 Å². The predicted octanol–water partition coefficient (Wildman–Crippen LogP) is 4.36. The fourth-order valence-electron chi connectivity index (χ4n) is 3.04. The number of nitrogens with zero attached hydrogens (tertiary/aromatic N) is 4. The van der Waals surface area contributed by atoms with Crippen molar-refractivity contribution in [1.29, 1.82) is 0 Å². The first-order valence-electron chi connectivity index (χ1n) is 8.27. The molecule has 0 unspecified atom stereocenters. The smallest absolute Gasteiger partial charge is 0.132 e. The molecule has 4 nitrogen and oxygen atoms in total. The Morgan fingerprint density at radius 2 is 1.58 bits per heavy atom. The van der Waals surface area contributed by atoms with Gasteiger partial charge in [0.15, 0.2) is 0 Å². The van der Waals surface area contributed by atoms with E-state index < -0.39 is 0 Å². The maximum atomic E-state index is 4.87. The van der Waals surface area contributed by atoms with Crippen molar-refractivity contribution in [3.8, 4) is 16.9 Å². The van der Waals surface area contributed by atoms with E-state index in [1.54, 1.807) is 0 Å². The van der Waals surface area contributed by atoms with Crippen LogP contribution in [-0.2, 0) is 0 Å². The summed E-state index contributed by atoms with van der Waals surface area (Å²) in [5, 5.41) is 4.77. The Balaban J connectivity index is 1.81. The predicted molar refractivity (Wildman–Crippen MR) is 94.1 cm³/mol. The molecular formula is C20H16N4. The van der Waals surface area contributed by atoms with Gasteiger partial charge in [-0.2, -0.15) is 5.10 Å². The zero-order chi connectivity index (χ0) is 15.9. The van der Waals surface area contributed by atoms with E-state index in [4.69, 9.17) is 10.1 Å². The number of fused-ring (bicyclic) bond motifs is 1. The highest BCUT2D eigenvalue weighted by atomic mass is 15.3. The molecule has 0 saturated heterocycles. The molecule has 0 spiro atoms. The largest absolute Gasteiger partial charge is 0.239 e. The standard InChI is InChI=1S/C20H16N4/c1-3-7-14(8-4-1)19-18-17(13-21-20(22-18)15-11-12-15)23-24(19)16-9-5-2-6-10-16/h1-10,13,15H,11-12H2. The van der Waals surface area contributed by atoms with Crippen LogP contribution in [0.25, 0.3) is 28.0 Å². The van der Waals surface area contributed by atoms with Crippen LogP contribution in [0.15, 0.2) is 66.9 Å². The molecule has 24 heavy (non-hydrogen) atoms. The molecule has 2 aromatic heterocycles. The minimum Gasteiger partial charge on any atom is -0.239 e. The Labute approximate surface area is 139 Å². The molecule has 1 aliphatic carbocycles. The maximum absolute atomic E-state index is 4.87. The molecular weight excluding hydrogens is 296 g/mol. The zero-order valence-electron chi connectivity index (χ0n) is 13.1. The monoisotopic (exact) mass is 312 g/mol. The van der Waals surface area contributed by atoms with E-state index in [0.29, 0.717) is 5.92 Å². The van der Waals surface area contributed by atoms with Crippen LogP contribution in [0, 0.1) is 0 Å². The lowest BCUT2D eigenvalue weighted by atomic mass is 10.1. The zero-order valence-corrected chi connectivity index (χ0v) is 13.1. The average molecular weight is 312 g/mol. The summed E-state index contributed by atoms with van der Waals surface area (Å²) >= 11 is 0. The summed E-state index contributed by atoms with van der Waals surface area (Å²) in [4.78, 5) is 9.39. The number of para-hydroxylation sites is 1. The number of rotatable bonds is 3. The molecule has 2 aromatic carbocycles. The summed E-state index contributed by atoms with van der Waals surface area (Å²) in [6.07, 6.45) is 4.25. The third kappa shape index (κ3) is 2.19. The molecule has 1 fully saturated rings. The van der Waals surface area contributed by atoms with Gasteiger partial charge in [0.1, 0.15) is 22.6 Å². The van der Waals surface area contributed by atoms with Crippen LogP contribution >= 0.6 is 0 Å². The fourth-order valence-corrected chi connectivity index (χ4v) is 3.04. The highest BCUT2D eigenvalue weighted by molar-refractivity contribution is 5.90. The van der Waals surface area contributed by atoms with Crippen molar-refractivity contribution in [3.05, 3.63) is 72.7 Å². The summed E-state index contributed by atoms with van der Waals surface area (Å²) in [6, 6.07) is 20.5. The van der Waals surface area contributed by atoms with Gasteiger partial charge in [-0.05, 0) is 25.0 Å². The molecule has 5 rings (SSSR count). The number of hydrogen-bond donors (Lipinski definition) is 0. The highest BCUT2D eigenvalue weighted by Gasteiger charge is 2.27. The third-order valence-electron chi connectivity index (χ3n) is 4.42. The maximum Gasteiger partial charge on any atom is 0.132 e. The van der Waals surface area contributed by atoms with Crippen LogP contribution in [0.3, 0.4) is 0 Å². The second kappa shape index (κ2) is 5.27. The summed E-state index contributed by atoms with van der Waals surface area (Å²) in [5.74, 6) is 1.48. The topological polar surface area (TPSA) is 43.6 Å². The van der Waals surface area contributed by atoms with Crippen molar-refractivity contribution in [2.24, 2.45) is 0 Å². The van der Waals surface area contributed by atoms with E-state index in [0.717, 1.165) is 33.8 Å². The Bertz CT molecular complexity index is 1000. The first-order valence-corrected chi connectivity index (χ1v) is 8.27. The molecule has 1 aliphatic rings. The van der Waals surface area contributed by atoms with E-state index in [9.17, 15) is 0 Å². The van der Waals surface area contributed by atoms with Crippen molar-refractivity contribution in [1.82, 2.24) is 19.7 Å². The van der Waals surface area contributed by atoms with Gasteiger partial charge in [-0.3, -0.25) is 0 Å². The van der Waals surface area contributed by atoms with Crippen LogP contribution in [0.1, 0.15) is 24.6 Å². The Morgan fingerprint density at radius 3 is 2.29 bits per heavy atom. The molecule has 1 saturated carbocycles. The molecule has 0 amide bonds. The SMILES string of the molecule is c1ccc(-c2c3nc(C4CC4)ncc3nn2-c2ccccc2)cc1. The molecule has 116 valence electrons. The van der Waals surface area contributed by atoms with E-state index in [1.807, 2.05) is 47.3 Å². The minimum absolute atomic E-state index is 0.526. The third-order valence-corrected chi connectivity index (χ3v) is 4.42. The minimum atomic E-state index is 0.526. The molecule has 0 radical (unpaired) electrons. The van der Waals surface area contributed by atoms with Crippen molar-refractivity contribution in [3.63, 3.8) is 0 Å². The quantitative estimate of drug-likeness (QED) is 0.564. The van der Waals surface area contributed by atoms with E-state index >= 15 is 0 Å². The van der Waals surface area contributed by atoms with Crippen molar-refractivity contribution < 1.29 is 0 Å². The van der Waals surface area contributed by atoms with Gasteiger partial charge in [0.2, 0.25) is 0 Å². The second-order valence-corrected chi connectivity index (χ2v) is 6.20. The van der Waals surface area contributed by atoms with Crippen LogP contribution in [0.4, 0.5) is 0 Å². The van der Waals surface area contributed by atoms with Gasteiger partial charge in [-0.15, -0.1) is 0 Å². The summed E-state index contributed by atoms with van der Waals surface area (Å²) in [7, 11) is 0. The van der Waals surface area contributed by atoms with E-state index in [2.05, 4.69) is 29.2 Å². The molecule has 2 heterocycles. The second-order valence-electron chi connectivity index (χ2n) is 6.20. The average Bonchev–Trinajstić information content (AvgIpc) is 3.43. The summed E-state index contributed by atoms with van der Waals surface area (Å²) in [6.45, 7) is 0. The first-order chi connectivity index (χ1) is 11.9. The molecule has 0 atom stereocenters. The Morgan fingerprint density at radius 1 is 0.875 bits per heavy atom. The summed E-state index contributed by atoms with van der Waals surface area (Å²) in [5.41, 5.74) is 4.94. The Hall–Kier alpha value is -3.01. The molecule has 4 heteroatoms. The lowest BCUT2D eigenvalue weighted by molar-refractivity contribution is 0.902. The van der Waals surface area contributed by atoms with Crippen LogP contribution in [0.2, 0.25) is 0 Å². The number of hydrogen-bond acceptors (Lipinski definition) is 3. The lowest BCUT2D eigenvalue weighted by Crippen LogP contribution is -1.98. The van der Waals surface area contributed by atoms with Crippen molar-refractivity contribution >= 4 is 11.0 Å². The van der Waals surface area contributed by atoms with Gasteiger partial charge >= 0.3 is 0 Å². The normalized spacial score (nSPS) is 14.2. The van der Waals surface area contributed by atoms with Gasteiger partial charge in [0, 0.05) is 11.5 Å². The molecule has 0 N–H and O–H groups in total. The number of benzene rings is 2. The lowest BCUT2D eigenvalue weighted by Gasteiger charge is -2.07. The van der Waals surface area contributed by atoms with Gasteiger partial charge in [-0.1, -0.05) is 48.5 Å². The van der Waals surface area contributed by atoms with Gasteiger partial charge < -0.3 is 0 Å². The first kappa shape index (κ1) is 13.4. The van der Waals surface area contributed by atoms with E-state index in [1.165, 1.54) is 12.8 Å².